The number of nitrogens with one attached hydrogen (secondary N) is 1. The normalized spacial score (nSPS) is 12.3. The Hall–Kier alpha value is -2.21. The summed E-state index contributed by atoms with van der Waals surface area (Å²) in [6.45, 7) is 3.62. The van der Waals surface area contributed by atoms with Crippen molar-refractivity contribution >= 4 is 22.8 Å². The number of aliphatic hydroxyl groups is 1. The standard InChI is InChI=1S/C12H15N5O/c1-2-4-8(7-18)15-11-10-9(5-3-6-14-10)16-12(13)17-11/h2-3,5-6,8,18H,1,4,7H2,(H3,13,15,16,17). The highest BCUT2D eigenvalue weighted by Crippen LogP contribution is 2.19. The fourth-order valence-corrected chi connectivity index (χ4v) is 1.66. The maximum Gasteiger partial charge on any atom is 0.222 e. The van der Waals surface area contributed by atoms with Gasteiger partial charge < -0.3 is 16.2 Å². The molecule has 18 heavy (non-hydrogen) atoms. The number of anilines is 2. The minimum atomic E-state index is -0.165. The van der Waals surface area contributed by atoms with Crippen LogP contribution in [0.1, 0.15) is 6.42 Å². The molecule has 0 amide bonds. The van der Waals surface area contributed by atoms with Crippen molar-refractivity contribution in [2.24, 2.45) is 0 Å². The average Bonchev–Trinajstić information content (AvgIpc) is 2.38. The molecule has 6 nitrogen and oxygen atoms in total. The maximum absolute atomic E-state index is 9.25. The largest absolute Gasteiger partial charge is 0.394 e. The Balaban J connectivity index is 2.39. The Morgan fingerprint density at radius 2 is 2.33 bits per heavy atom. The summed E-state index contributed by atoms with van der Waals surface area (Å²) >= 11 is 0. The summed E-state index contributed by atoms with van der Waals surface area (Å²) in [5.74, 6) is 0.701. The smallest absolute Gasteiger partial charge is 0.222 e. The summed E-state index contributed by atoms with van der Waals surface area (Å²) in [6, 6.07) is 3.43. The van der Waals surface area contributed by atoms with E-state index in [4.69, 9.17) is 5.73 Å². The molecule has 0 saturated heterocycles. The first-order valence-electron chi connectivity index (χ1n) is 5.61. The molecule has 94 valence electrons. The van der Waals surface area contributed by atoms with Crippen LogP contribution in [0.2, 0.25) is 0 Å². The van der Waals surface area contributed by atoms with Crippen molar-refractivity contribution in [2.75, 3.05) is 17.7 Å². The predicted octanol–water partition coefficient (Wildman–Crippen LogP) is 0.956. The lowest BCUT2D eigenvalue weighted by Crippen LogP contribution is -2.24. The quantitative estimate of drug-likeness (QED) is 0.679. The summed E-state index contributed by atoms with van der Waals surface area (Å²) in [7, 11) is 0. The number of aliphatic hydroxyl groups excluding tert-OH is 1. The van der Waals surface area contributed by atoms with Crippen LogP contribution >= 0.6 is 0 Å². The van der Waals surface area contributed by atoms with Gasteiger partial charge in [-0.15, -0.1) is 6.58 Å². The van der Waals surface area contributed by atoms with Gasteiger partial charge in [-0.2, -0.15) is 4.98 Å². The lowest BCUT2D eigenvalue weighted by Gasteiger charge is -2.16. The predicted molar refractivity (Wildman–Crippen MR) is 71.1 cm³/mol. The van der Waals surface area contributed by atoms with Gasteiger partial charge in [0.05, 0.1) is 18.2 Å². The van der Waals surface area contributed by atoms with Crippen LogP contribution in [0.5, 0.6) is 0 Å². The monoisotopic (exact) mass is 245 g/mol. The van der Waals surface area contributed by atoms with E-state index in [0.29, 0.717) is 23.3 Å². The first kappa shape index (κ1) is 12.3. The second-order valence-corrected chi connectivity index (χ2v) is 3.85. The van der Waals surface area contributed by atoms with Crippen LogP contribution in [-0.4, -0.2) is 32.7 Å². The van der Waals surface area contributed by atoms with Gasteiger partial charge in [-0.3, -0.25) is 4.98 Å². The van der Waals surface area contributed by atoms with Crippen LogP contribution in [-0.2, 0) is 0 Å². The molecule has 0 aliphatic heterocycles. The van der Waals surface area contributed by atoms with E-state index in [9.17, 15) is 5.11 Å². The Morgan fingerprint density at radius 1 is 1.50 bits per heavy atom. The number of rotatable bonds is 5. The molecule has 0 saturated carbocycles. The lowest BCUT2D eigenvalue weighted by atomic mass is 10.2. The zero-order valence-corrected chi connectivity index (χ0v) is 9.87. The second-order valence-electron chi connectivity index (χ2n) is 3.85. The molecule has 0 spiro atoms. The van der Waals surface area contributed by atoms with Crippen molar-refractivity contribution in [3.05, 3.63) is 31.0 Å². The van der Waals surface area contributed by atoms with Gasteiger partial charge >= 0.3 is 0 Å². The van der Waals surface area contributed by atoms with Gasteiger partial charge in [0, 0.05) is 6.20 Å². The summed E-state index contributed by atoms with van der Waals surface area (Å²) in [5.41, 5.74) is 6.95. The van der Waals surface area contributed by atoms with E-state index >= 15 is 0 Å². The number of aromatic nitrogens is 3. The molecule has 2 aromatic heterocycles. The zero-order valence-electron chi connectivity index (χ0n) is 9.87. The Kier molecular flexibility index (Phi) is 3.69. The topological polar surface area (TPSA) is 97.0 Å². The second kappa shape index (κ2) is 5.42. The molecule has 2 rings (SSSR count). The van der Waals surface area contributed by atoms with Crippen LogP contribution in [0.4, 0.5) is 11.8 Å². The minimum absolute atomic E-state index is 0.0236. The van der Waals surface area contributed by atoms with Crippen molar-refractivity contribution in [1.82, 2.24) is 15.0 Å². The lowest BCUT2D eigenvalue weighted by molar-refractivity contribution is 0.275. The molecular weight excluding hydrogens is 230 g/mol. The van der Waals surface area contributed by atoms with Crippen LogP contribution < -0.4 is 11.1 Å². The Morgan fingerprint density at radius 3 is 3.06 bits per heavy atom. The van der Waals surface area contributed by atoms with E-state index in [1.165, 1.54) is 0 Å². The van der Waals surface area contributed by atoms with Crippen molar-refractivity contribution in [3.8, 4) is 0 Å². The number of nitrogens with zero attached hydrogens (tertiary/aromatic N) is 3. The Bertz CT molecular complexity index is 557. The highest BCUT2D eigenvalue weighted by Gasteiger charge is 2.11. The highest BCUT2D eigenvalue weighted by atomic mass is 16.3. The van der Waals surface area contributed by atoms with Crippen molar-refractivity contribution in [3.63, 3.8) is 0 Å². The molecule has 6 heteroatoms. The van der Waals surface area contributed by atoms with Gasteiger partial charge in [0.1, 0.15) is 5.52 Å². The molecule has 4 N–H and O–H groups in total. The minimum Gasteiger partial charge on any atom is -0.394 e. The number of pyridine rings is 1. The number of fused-ring (bicyclic) bond motifs is 1. The van der Waals surface area contributed by atoms with Crippen molar-refractivity contribution in [2.45, 2.75) is 12.5 Å². The van der Waals surface area contributed by atoms with Crippen LogP contribution in [0.25, 0.3) is 11.0 Å². The first-order chi connectivity index (χ1) is 8.74. The summed E-state index contributed by atoms with van der Waals surface area (Å²) in [6.07, 6.45) is 4.01. The summed E-state index contributed by atoms with van der Waals surface area (Å²) in [5, 5.41) is 12.4. The Labute approximate surface area is 105 Å². The van der Waals surface area contributed by atoms with Gasteiger partial charge in [0.25, 0.3) is 0 Å². The molecule has 0 bridgehead atoms. The van der Waals surface area contributed by atoms with Gasteiger partial charge in [-0.25, -0.2) is 4.98 Å². The van der Waals surface area contributed by atoms with Gasteiger partial charge in [0.2, 0.25) is 5.95 Å². The number of nitrogens with two attached hydrogens (primary N) is 1. The number of nitrogen functional groups attached to an aromatic ring is 1. The van der Waals surface area contributed by atoms with E-state index in [-0.39, 0.29) is 18.6 Å². The SMILES string of the molecule is C=CCC(CO)Nc1nc(N)nc2cccnc12. The molecule has 0 fully saturated rings. The molecule has 2 aromatic rings. The molecule has 1 unspecified atom stereocenters. The molecular formula is C12H15N5O. The molecule has 2 heterocycles. The van der Waals surface area contributed by atoms with E-state index in [2.05, 4.69) is 26.8 Å². The van der Waals surface area contributed by atoms with Gasteiger partial charge in [-0.1, -0.05) is 6.08 Å². The maximum atomic E-state index is 9.25. The van der Waals surface area contributed by atoms with Crippen LogP contribution in [0, 0.1) is 0 Å². The summed E-state index contributed by atoms with van der Waals surface area (Å²) in [4.78, 5) is 12.4. The van der Waals surface area contributed by atoms with Crippen molar-refractivity contribution < 1.29 is 5.11 Å². The van der Waals surface area contributed by atoms with Crippen LogP contribution in [0.15, 0.2) is 31.0 Å². The van der Waals surface area contributed by atoms with E-state index in [1.54, 1.807) is 18.3 Å². The average molecular weight is 245 g/mol. The third-order valence-corrected chi connectivity index (χ3v) is 2.48. The molecule has 0 radical (unpaired) electrons. The van der Waals surface area contributed by atoms with E-state index in [1.807, 2.05) is 6.07 Å². The number of hydrogen-bond acceptors (Lipinski definition) is 6. The van der Waals surface area contributed by atoms with Crippen LogP contribution in [0.3, 0.4) is 0 Å². The molecule has 1 atom stereocenters. The number of hydrogen-bond donors (Lipinski definition) is 3. The van der Waals surface area contributed by atoms with E-state index < -0.39 is 0 Å². The van der Waals surface area contributed by atoms with Crippen molar-refractivity contribution in [1.29, 1.82) is 0 Å². The third kappa shape index (κ3) is 2.54. The molecule has 0 aromatic carbocycles. The molecule has 0 aliphatic rings. The fourth-order valence-electron chi connectivity index (χ4n) is 1.66. The van der Waals surface area contributed by atoms with E-state index in [0.717, 1.165) is 0 Å². The van der Waals surface area contributed by atoms with Gasteiger partial charge in [0.15, 0.2) is 5.82 Å². The fraction of sp³-hybridized carbons (Fsp3) is 0.250. The zero-order chi connectivity index (χ0) is 13.0. The first-order valence-corrected chi connectivity index (χ1v) is 5.61. The summed E-state index contributed by atoms with van der Waals surface area (Å²) < 4.78 is 0. The molecule has 0 aliphatic carbocycles. The third-order valence-electron chi connectivity index (χ3n) is 2.48. The highest BCUT2D eigenvalue weighted by molar-refractivity contribution is 5.85. The van der Waals surface area contributed by atoms with Gasteiger partial charge in [-0.05, 0) is 18.6 Å².